The lowest BCUT2D eigenvalue weighted by Crippen LogP contribution is -2.55. The summed E-state index contributed by atoms with van der Waals surface area (Å²) in [5, 5.41) is 3.46. The van der Waals surface area contributed by atoms with Crippen molar-refractivity contribution in [2.45, 2.75) is 44.6 Å². The van der Waals surface area contributed by atoms with E-state index in [4.69, 9.17) is 0 Å². The number of rotatable bonds is 4. The van der Waals surface area contributed by atoms with Gasteiger partial charge in [0, 0.05) is 44.7 Å². The summed E-state index contributed by atoms with van der Waals surface area (Å²) >= 11 is 0. The smallest absolute Gasteiger partial charge is 0.225 e. The van der Waals surface area contributed by atoms with E-state index in [1.807, 2.05) is 0 Å². The fourth-order valence-corrected chi connectivity index (χ4v) is 5.71. The number of likely N-dealkylation sites (tertiary alicyclic amines) is 2. The number of amides is 1. The number of nitrogens with one attached hydrogen (secondary N) is 1. The highest BCUT2D eigenvalue weighted by Gasteiger charge is 2.32. The first kappa shape index (κ1) is 20.6. The van der Waals surface area contributed by atoms with Crippen molar-refractivity contribution in [3.05, 3.63) is 0 Å². The number of piperazine rings is 1. The summed E-state index contributed by atoms with van der Waals surface area (Å²) in [6.07, 6.45) is 7.36. The number of hydrogen-bond donors (Lipinski definition) is 1. The van der Waals surface area contributed by atoms with Gasteiger partial charge in [-0.2, -0.15) is 0 Å². The molecule has 0 aromatic carbocycles. The summed E-state index contributed by atoms with van der Waals surface area (Å²) in [7, 11) is 2.24. The van der Waals surface area contributed by atoms with Crippen molar-refractivity contribution < 1.29 is 4.79 Å². The van der Waals surface area contributed by atoms with Crippen LogP contribution in [0.2, 0.25) is 0 Å². The van der Waals surface area contributed by atoms with Gasteiger partial charge >= 0.3 is 0 Å². The van der Waals surface area contributed by atoms with Crippen LogP contribution in [0, 0.1) is 11.8 Å². The van der Waals surface area contributed by atoms with Gasteiger partial charge in [-0.1, -0.05) is 0 Å². The Kier molecular flexibility index (Phi) is 7.26. The minimum Gasteiger partial charge on any atom is -0.340 e. The van der Waals surface area contributed by atoms with Gasteiger partial charge in [-0.05, 0) is 90.8 Å². The SMILES string of the molecule is CN1CCC(CN2CCC(C(=O)N3CCN(C4CCNCC4)CC3)CC2)CC1. The molecule has 0 bridgehead atoms. The molecule has 0 aromatic heterocycles. The van der Waals surface area contributed by atoms with Crippen LogP contribution in [0.25, 0.3) is 0 Å². The van der Waals surface area contributed by atoms with Crippen LogP contribution in [0.1, 0.15) is 38.5 Å². The van der Waals surface area contributed by atoms with E-state index in [-0.39, 0.29) is 5.92 Å². The highest BCUT2D eigenvalue weighted by molar-refractivity contribution is 5.79. The zero-order chi connectivity index (χ0) is 19.3. The van der Waals surface area contributed by atoms with E-state index in [0.717, 1.165) is 77.2 Å². The Bertz CT molecular complexity index is 485. The van der Waals surface area contributed by atoms with Crippen LogP contribution < -0.4 is 5.32 Å². The molecule has 4 saturated heterocycles. The van der Waals surface area contributed by atoms with Crippen LogP contribution in [0.5, 0.6) is 0 Å². The predicted molar refractivity (Wildman–Crippen MR) is 113 cm³/mol. The van der Waals surface area contributed by atoms with Gasteiger partial charge in [0.05, 0.1) is 0 Å². The van der Waals surface area contributed by atoms with E-state index in [1.54, 1.807) is 0 Å². The predicted octanol–water partition coefficient (Wildman–Crippen LogP) is 0.936. The molecule has 0 atom stereocenters. The molecule has 4 fully saturated rings. The highest BCUT2D eigenvalue weighted by atomic mass is 16.2. The zero-order valence-corrected chi connectivity index (χ0v) is 17.9. The van der Waals surface area contributed by atoms with Crippen LogP contribution in [0.4, 0.5) is 0 Å². The first-order chi connectivity index (χ1) is 13.7. The summed E-state index contributed by atoms with van der Waals surface area (Å²) in [5.74, 6) is 1.59. The van der Waals surface area contributed by atoms with Crippen molar-refractivity contribution in [3.8, 4) is 0 Å². The largest absolute Gasteiger partial charge is 0.340 e. The molecular weight excluding hydrogens is 350 g/mol. The summed E-state index contributed by atoms with van der Waals surface area (Å²) in [4.78, 5) is 22.9. The van der Waals surface area contributed by atoms with E-state index >= 15 is 0 Å². The summed E-state index contributed by atoms with van der Waals surface area (Å²) in [6.45, 7) is 12.3. The first-order valence-electron chi connectivity index (χ1n) is 11.8. The molecule has 0 aliphatic carbocycles. The average molecular weight is 392 g/mol. The summed E-state index contributed by atoms with van der Waals surface area (Å²) < 4.78 is 0. The third kappa shape index (κ3) is 5.26. The molecule has 0 saturated carbocycles. The molecule has 4 aliphatic heterocycles. The van der Waals surface area contributed by atoms with E-state index in [9.17, 15) is 4.79 Å². The molecular formula is C22H41N5O. The summed E-state index contributed by atoms with van der Waals surface area (Å²) in [5.41, 5.74) is 0. The van der Waals surface area contributed by atoms with Crippen LogP contribution in [-0.2, 0) is 4.79 Å². The molecule has 0 unspecified atom stereocenters. The second-order valence-corrected chi connectivity index (χ2v) is 9.66. The molecule has 6 nitrogen and oxygen atoms in total. The van der Waals surface area contributed by atoms with Gasteiger partial charge in [0.1, 0.15) is 0 Å². The van der Waals surface area contributed by atoms with Crippen molar-refractivity contribution in [3.63, 3.8) is 0 Å². The fraction of sp³-hybridized carbons (Fsp3) is 0.955. The van der Waals surface area contributed by atoms with Gasteiger partial charge in [-0.15, -0.1) is 0 Å². The maximum atomic E-state index is 13.0. The van der Waals surface area contributed by atoms with Gasteiger partial charge in [0.15, 0.2) is 0 Å². The quantitative estimate of drug-likeness (QED) is 0.772. The number of piperidine rings is 3. The normalized spacial score (nSPS) is 28.7. The molecule has 0 spiro atoms. The molecule has 4 heterocycles. The molecule has 4 rings (SSSR count). The monoisotopic (exact) mass is 391 g/mol. The maximum absolute atomic E-state index is 13.0. The Balaban J connectivity index is 1.16. The van der Waals surface area contributed by atoms with Crippen LogP contribution in [0.15, 0.2) is 0 Å². The number of nitrogens with zero attached hydrogens (tertiary/aromatic N) is 4. The number of carbonyl (C=O) groups is 1. The topological polar surface area (TPSA) is 42.1 Å². The van der Waals surface area contributed by atoms with E-state index < -0.39 is 0 Å². The standard InChI is InChI=1S/C22H41N5O/c1-24-10-4-19(5-11-24)18-25-12-6-20(7-13-25)22(28)27-16-14-26(15-17-27)21-2-8-23-9-3-21/h19-21,23H,2-18H2,1H3. The van der Waals surface area contributed by atoms with Gasteiger partial charge in [-0.3, -0.25) is 9.69 Å². The summed E-state index contributed by atoms with van der Waals surface area (Å²) in [6, 6.07) is 0.737. The lowest BCUT2D eigenvalue weighted by atomic mass is 9.92. The molecule has 1 N–H and O–H groups in total. The zero-order valence-electron chi connectivity index (χ0n) is 17.9. The minimum absolute atomic E-state index is 0.277. The molecule has 6 heteroatoms. The molecule has 1 amide bonds. The Labute approximate surface area is 171 Å². The Morgan fingerprint density at radius 3 is 2.11 bits per heavy atom. The van der Waals surface area contributed by atoms with E-state index in [1.165, 1.54) is 45.3 Å². The maximum Gasteiger partial charge on any atom is 0.225 e. The van der Waals surface area contributed by atoms with E-state index in [2.05, 4.69) is 32.0 Å². The fourth-order valence-electron chi connectivity index (χ4n) is 5.71. The van der Waals surface area contributed by atoms with Crippen molar-refractivity contribution in [1.82, 2.24) is 24.9 Å². The molecule has 160 valence electrons. The minimum atomic E-state index is 0.277. The highest BCUT2D eigenvalue weighted by Crippen LogP contribution is 2.24. The van der Waals surface area contributed by atoms with Crippen LogP contribution >= 0.6 is 0 Å². The second kappa shape index (κ2) is 9.88. The van der Waals surface area contributed by atoms with Gasteiger partial charge < -0.3 is 20.0 Å². The molecule has 4 aliphatic rings. The molecule has 0 radical (unpaired) electrons. The Morgan fingerprint density at radius 2 is 1.46 bits per heavy atom. The van der Waals surface area contributed by atoms with Crippen molar-refractivity contribution >= 4 is 5.91 Å². The third-order valence-corrected chi connectivity index (χ3v) is 7.74. The van der Waals surface area contributed by atoms with Crippen molar-refractivity contribution in [2.75, 3.05) is 79.0 Å². The first-order valence-corrected chi connectivity index (χ1v) is 11.8. The van der Waals surface area contributed by atoms with Crippen molar-refractivity contribution in [1.29, 1.82) is 0 Å². The third-order valence-electron chi connectivity index (χ3n) is 7.74. The molecule has 0 aromatic rings. The van der Waals surface area contributed by atoms with Crippen LogP contribution in [-0.4, -0.2) is 111 Å². The lowest BCUT2D eigenvalue weighted by molar-refractivity contribution is -0.139. The Hall–Kier alpha value is -0.690. The van der Waals surface area contributed by atoms with Crippen LogP contribution in [0.3, 0.4) is 0 Å². The van der Waals surface area contributed by atoms with Crippen molar-refractivity contribution in [2.24, 2.45) is 11.8 Å². The number of carbonyl (C=O) groups excluding carboxylic acids is 1. The van der Waals surface area contributed by atoms with E-state index in [0.29, 0.717) is 5.91 Å². The second-order valence-electron chi connectivity index (χ2n) is 9.66. The molecule has 28 heavy (non-hydrogen) atoms. The Morgan fingerprint density at radius 1 is 0.821 bits per heavy atom. The number of hydrogen-bond acceptors (Lipinski definition) is 5. The van der Waals surface area contributed by atoms with Gasteiger partial charge in [-0.25, -0.2) is 0 Å². The average Bonchev–Trinajstić information content (AvgIpc) is 2.76. The van der Waals surface area contributed by atoms with Gasteiger partial charge in [0.25, 0.3) is 0 Å². The van der Waals surface area contributed by atoms with Gasteiger partial charge in [0.2, 0.25) is 5.91 Å². The lowest BCUT2D eigenvalue weighted by Gasteiger charge is -2.42.